The lowest BCUT2D eigenvalue weighted by Gasteiger charge is -2.36. The number of para-hydroxylation sites is 4. The molecule has 0 bridgehead atoms. The van der Waals surface area contributed by atoms with Gasteiger partial charge in [0.15, 0.2) is 0 Å². The van der Waals surface area contributed by atoms with Gasteiger partial charge in [0, 0.05) is 54.0 Å². The first kappa shape index (κ1) is 39.3. The summed E-state index contributed by atoms with van der Waals surface area (Å²) in [6.45, 7) is 0. The minimum absolute atomic E-state index is 0.642. The Morgan fingerprint density at radius 3 is 1.47 bits per heavy atom. The van der Waals surface area contributed by atoms with Crippen molar-refractivity contribution in [1.82, 2.24) is 0 Å². The van der Waals surface area contributed by atoms with Gasteiger partial charge < -0.3 is 9.80 Å². The van der Waals surface area contributed by atoms with E-state index in [4.69, 9.17) is 0 Å². The van der Waals surface area contributed by atoms with Crippen LogP contribution < -0.4 is 9.80 Å². The van der Waals surface area contributed by atoms with Crippen LogP contribution in [0.1, 0.15) is 22.3 Å². The molecule has 2 heterocycles. The van der Waals surface area contributed by atoms with Gasteiger partial charge in [0.1, 0.15) is 0 Å². The number of anilines is 6. The topological polar surface area (TPSA) is 6.48 Å². The minimum atomic E-state index is -0.642. The van der Waals surface area contributed by atoms with Gasteiger partial charge in [-0.25, -0.2) is 0 Å². The molecule has 1 unspecified atom stereocenters. The molecule has 0 saturated heterocycles. The van der Waals surface area contributed by atoms with Crippen molar-refractivity contribution in [3.05, 3.63) is 277 Å². The van der Waals surface area contributed by atoms with Crippen molar-refractivity contribution in [3.8, 4) is 55.6 Å². The van der Waals surface area contributed by atoms with Gasteiger partial charge in [0.05, 0.1) is 16.8 Å². The van der Waals surface area contributed by atoms with Crippen LogP contribution in [0.25, 0.3) is 75.8 Å². The van der Waals surface area contributed by atoms with Crippen molar-refractivity contribution in [2.24, 2.45) is 0 Å². The smallest absolute Gasteiger partial charge is 0.0726 e. The van der Waals surface area contributed by atoms with Gasteiger partial charge in [-0.05, 0) is 146 Å². The maximum atomic E-state index is 2.55. The third kappa shape index (κ3) is 5.49. The molecular formula is C67H42N2S. The third-order valence-electron chi connectivity index (χ3n) is 15.2. The molecule has 0 saturated carbocycles. The number of thiophene rings is 1. The molecule has 1 atom stereocenters. The zero-order chi connectivity index (χ0) is 45.9. The summed E-state index contributed by atoms with van der Waals surface area (Å²) in [4.78, 5) is 4.90. The monoisotopic (exact) mass is 906 g/mol. The van der Waals surface area contributed by atoms with Crippen molar-refractivity contribution < 1.29 is 0 Å². The highest BCUT2D eigenvalue weighted by Gasteiger charge is 2.50. The van der Waals surface area contributed by atoms with Gasteiger partial charge in [0.2, 0.25) is 0 Å². The fraction of sp³-hybridized carbons (Fsp3) is 0.0149. The van der Waals surface area contributed by atoms with Gasteiger partial charge in [-0.15, -0.1) is 11.3 Å². The molecule has 0 fully saturated rings. The Hall–Kier alpha value is -8.76. The van der Waals surface area contributed by atoms with Crippen LogP contribution in [0.3, 0.4) is 0 Å². The second-order valence-electron chi connectivity index (χ2n) is 18.7. The van der Waals surface area contributed by atoms with E-state index >= 15 is 0 Å². The molecule has 0 radical (unpaired) electrons. The fourth-order valence-electron chi connectivity index (χ4n) is 12.4. The molecule has 1 spiro atoms. The van der Waals surface area contributed by atoms with Crippen LogP contribution in [0, 0.1) is 0 Å². The lowest BCUT2D eigenvalue weighted by Crippen LogP contribution is -2.29. The highest BCUT2D eigenvalue weighted by molar-refractivity contribution is 7.25. The molecule has 1 aliphatic heterocycles. The first-order valence-electron chi connectivity index (χ1n) is 24.2. The van der Waals surface area contributed by atoms with Crippen LogP contribution in [0.15, 0.2) is 255 Å². The van der Waals surface area contributed by atoms with E-state index < -0.39 is 5.41 Å². The summed E-state index contributed by atoms with van der Waals surface area (Å²) in [7, 11) is 0. The van der Waals surface area contributed by atoms with E-state index in [1.165, 1.54) is 98.1 Å². The van der Waals surface area contributed by atoms with Crippen molar-refractivity contribution in [3.63, 3.8) is 0 Å². The van der Waals surface area contributed by atoms with E-state index in [0.717, 1.165) is 34.1 Å². The molecule has 0 amide bonds. The molecule has 3 heteroatoms. The number of hydrogen-bond acceptors (Lipinski definition) is 3. The Kier molecular flexibility index (Phi) is 8.48. The van der Waals surface area contributed by atoms with Crippen molar-refractivity contribution >= 4 is 65.6 Å². The van der Waals surface area contributed by atoms with Gasteiger partial charge in [-0.3, -0.25) is 0 Å². The van der Waals surface area contributed by atoms with E-state index in [2.05, 4.69) is 265 Å². The Morgan fingerprint density at radius 2 is 0.771 bits per heavy atom. The molecule has 2 aliphatic carbocycles. The fourth-order valence-corrected chi connectivity index (χ4v) is 13.5. The predicted octanol–water partition coefficient (Wildman–Crippen LogP) is 18.7. The molecule has 326 valence electrons. The summed E-state index contributed by atoms with van der Waals surface area (Å²) >= 11 is 1.90. The molecule has 3 aliphatic rings. The van der Waals surface area contributed by atoms with Crippen molar-refractivity contribution in [2.45, 2.75) is 5.41 Å². The zero-order valence-electron chi connectivity index (χ0n) is 38.1. The van der Waals surface area contributed by atoms with E-state index in [9.17, 15) is 0 Å². The normalized spacial score (nSPS) is 14.6. The van der Waals surface area contributed by atoms with Gasteiger partial charge in [0.25, 0.3) is 0 Å². The van der Waals surface area contributed by atoms with E-state index in [1.54, 1.807) is 0 Å². The van der Waals surface area contributed by atoms with Crippen molar-refractivity contribution in [2.75, 3.05) is 9.80 Å². The summed E-state index contributed by atoms with van der Waals surface area (Å²) < 4.78 is 2.63. The third-order valence-corrected chi connectivity index (χ3v) is 16.3. The summed E-state index contributed by atoms with van der Waals surface area (Å²) in [5.74, 6) is 0. The highest BCUT2D eigenvalue weighted by atomic mass is 32.1. The molecule has 0 N–H and O–H groups in total. The average molecular weight is 907 g/mol. The number of benzene rings is 11. The second kappa shape index (κ2) is 15.1. The van der Waals surface area contributed by atoms with Crippen LogP contribution in [0.5, 0.6) is 0 Å². The number of rotatable bonds is 4. The molecule has 11 aromatic carbocycles. The van der Waals surface area contributed by atoms with Crippen LogP contribution >= 0.6 is 11.3 Å². The molecule has 70 heavy (non-hydrogen) atoms. The van der Waals surface area contributed by atoms with E-state index in [-0.39, 0.29) is 0 Å². The maximum absolute atomic E-state index is 2.55. The Balaban J connectivity index is 1.02. The van der Waals surface area contributed by atoms with Gasteiger partial charge in [-0.1, -0.05) is 176 Å². The predicted molar refractivity (Wildman–Crippen MR) is 295 cm³/mol. The number of nitrogens with zero attached hydrogens (tertiary/aromatic N) is 2. The van der Waals surface area contributed by atoms with E-state index in [1.807, 2.05) is 11.3 Å². The summed E-state index contributed by atoms with van der Waals surface area (Å²) in [5, 5.41) is 2.64. The summed E-state index contributed by atoms with van der Waals surface area (Å²) in [6, 6.07) is 95.3. The Morgan fingerprint density at radius 1 is 0.286 bits per heavy atom. The largest absolute Gasteiger partial charge is 0.310 e. The Bertz CT molecular complexity index is 4090. The van der Waals surface area contributed by atoms with E-state index in [0.29, 0.717) is 0 Å². The minimum Gasteiger partial charge on any atom is -0.310 e. The SMILES string of the molecule is c1ccc(N(c2ccc3c(c2)-c2ccccc2N(c2ccccc2)c2ccccc2-3)c2ccc3c(c2)C2(c4ccccc4-c4ccccc4-3)c3ccccc3-c3cc4c(cc32)sc2ccccc24)cc1. The van der Waals surface area contributed by atoms with Gasteiger partial charge in [-0.2, -0.15) is 0 Å². The van der Waals surface area contributed by atoms with Gasteiger partial charge >= 0.3 is 0 Å². The lowest BCUT2D eigenvalue weighted by molar-refractivity contribution is 0.776. The van der Waals surface area contributed by atoms with Crippen LogP contribution in [-0.2, 0) is 5.41 Å². The van der Waals surface area contributed by atoms with Crippen LogP contribution in [0.2, 0.25) is 0 Å². The van der Waals surface area contributed by atoms with Crippen molar-refractivity contribution in [1.29, 1.82) is 0 Å². The quantitative estimate of drug-likeness (QED) is 0.174. The standard InChI is InChI=1S/C67H42N2S/c1-3-19-43(20-4-1)68(45-35-37-49-53-27-11-16-32-63(53)69(44-21-5-2-6-22-44)64-33-17-12-28-54(64)56(49)39-45)46-36-38-52-48-24-8-7-23-47(48)50-25-9-14-30-59(50)67(61(52)40-46)60-31-15-10-26-51(60)57-41-58-55-29-13-18-34-65(55)70-66(58)42-62(57)67/h1-42H. The van der Waals surface area contributed by atoms with Crippen LogP contribution in [-0.4, -0.2) is 0 Å². The zero-order valence-corrected chi connectivity index (χ0v) is 38.9. The first-order chi connectivity index (χ1) is 34.7. The molecule has 12 aromatic rings. The molecule has 1 aromatic heterocycles. The molecule has 2 nitrogen and oxygen atoms in total. The Labute approximate surface area is 411 Å². The maximum Gasteiger partial charge on any atom is 0.0726 e. The molecule has 15 rings (SSSR count). The first-order valence-corrected chi connectivity index (χ1v) is 25.0. The average Bonchev–Trinajstić information content (AvgIpc) is 3.86. The summed E-state index contributed by atoms with van der Waals surface area (Å²) in [6.07, 6.45) is 0. The second-order valence-corrected chi connectivity index (χ2v) is 19.8. The lowest BCUT2D eigenvalue weighted by atomic mass is 9.65. The summed E-state index contributed by atoms with van der Waals surface area (Å²) in [5.41, 5.74) is 23.7. The highest BCUT2D eigenvalue weighted by Crippen LogP contribution is 2.63. The van der Waals surface area contributed by atoms with Crippen LogP contribution in [0.4, 0.5) is 34.1 Å². The molecular weight excluding hydrogens is 865 g/mol. The number of hydrogen-bond donors (Lipinski definition) is 0. The number of fused-ring (bicyclic) bond motifs is 20.